The Balaban J connectivity index is 2.28. The minimum atomic E-state index is -0.192. The number of piperazine rings is 1. The Bertz CT molecular complexity index is 301. The fraction of sp³-hybridized carbons (Fsp3) is 0.846. The second kappa shape index (κ2) is 8.12. The summed E-state index contributed by atoms with van der Waals surface area (Å²) >= 11 is 0. The fourth-order valence-corrected chi connectivity index (χ4v) is 2.14. The van der Waals surface area contributed by atoms with Crippen LogP contribution >= 0.6 is 0 Å². The highest BCUT2D eigenvalue weighted by molar-refractivity contribution is 5.75. The second-order valence-corrected chi connectivity index (χ2v) is 4.63. The van der Waals surface area contributed by atoms with Gasteiger partial charge in [0.05, 0.1) is 20.1 Å². The van der Waals surface area contributed by atoms with Crippen molar-refractivity contribution in [2.45, 2.75) is 26.3 Å². The summed E-state index contributed by atoms with van der Waals surface area (Å²) in [5.41, 5.74) is 0. The van der Waals surface area contributed by atoms with Gasteiger partial charge in [-0.05, 0) is 13.8 Å². The quantitative estimate of drug-likeness (QED) is 0.640. The highest BCUT2D eigenvalue weighted by Crippen LogP contribution is 2.08. The molecule has 6 heteroatoms. The molecule has 0 bridgehead atoms. The van der Waals surface area contributed by atoms with Crippen molar-refractivity contribution in [2.24, 2.45) is 0 Å². The van der Waals surface area contributed by atoms with Gasteiger partial charge in [-0.2, -0.15) is 0 Å². The van der Waals surface area contributed by atoms with Gasteiger partial charge in [0.1, 0.15) is 6.04 Å². The number of hydrogen-bond acceptors (Lipinski definition) is 6. The van der Waals surface area contributed by atoms with Gasteiger partial charge in [0.15, 0.2) is 0 Å². The minimum Gasteiger partial charge on any atom is -0.469 e. The van der Waals surface area contributed by atoms with Gasteiger partial charge in [-0.25, -0.2) is 0 Å². The standard InChI is InChI=1S/C13H24N2O4/c1-4-19-13(17)11(2)15-9-7-14(8-10-15)6-5-12(16)18-3/h11H,4-10H2,1-3H3. The van der Waals surface area contributed by atoms with Crippen LogP contribution in [0.1, 0.15) is 20.3 Å². The van der Waals surface area contributed by atoms with Gasteiger partial charge >= 0.3 is 11.9 Å². The van der Waals surface area contributed by atoms with Gasteiger partial charge in [0.2, 0.25) is 0 Å². The lowest BCUT2D eigenvalue weighted by atomic mass is 10.2. The third kappa shape index (κ3) is 5.16. The highest BCUT2D eigenvalue weighted by Gasteiger charge is 2.26. The molecule has 110 valence electrons. The van der Waals surface area contributed by atoms with E-state index in [1.54, 1.807) is 0 Å². The molecule has 0 amide bonds. The number of carbonyl (C=O) groups is 2. The molecule has 0 aromatic carbocycles. The molecule has 0 aliphatic carbocycles. The summed E-state index contributed by atoms with van der Waals surface area (Å²) in [5, 5.41) is 0. The number of nitrogens with zero attached hydrogens (tertiary/aromatic N) is 2. The van der Waals surface area contributed by atoms with Gasteiger partial charge in [-0.3, -0.25) is 14.5 Å². The predicted octanol–water partition coefficient (Wildman–Crippen LogP) is 0.119. The van der Waals surface area contributed by atoms with Crippen LogP contribution in [0.3, 0.4) is 0 Å². The molecule has 0 spiro atoms. The van der Waals surface area contributed by atoms with E-state index in [0.717, 1.165) is 26.2 Å². The largest absolute Gasteiger partial charge is 0.469 e. The van der Waals surface area contributed by atoms with Crippen LogP contribution in [0.4, 0.5) is 0 Å². The summed E-state index contributed by atoms with van der Waals surface area (Å²) in [7, 11) is 1.40. The first-order valence-electron chi connectivity index (χ1n) is 6.78. The van der Waals surface area contributed by atoms with Crippen molar-refractivity contribution in [1.82, 2.24) is 9.80 Å². The first-order chi connectivity index (χ1) is 9.08. The van der Waals surface area contributed by atoms with Crippen LogP contribution in [0.25, 0.3) is 0 Å². The lowest BCUT2D eigenvalue weighted by molar-refractivity contribution is -0.149. The monoisotopic (exact) mass is 272 g/mol. The van der Waals surface area contributed by atoms with E-state index in [4.69, 9.17) is 4.74 Å². The molecule has 1 saturated heterocycles. The number of methoxy groups -OCH3 is 1. The van der Waals surface area contributed by atoms with Crippen LogP contribution < -0.4 is 0 Å². The van der Waals surface area contributed by atoms with E-state index in [1.165, 1.54) is 7.11 Å². The summed E-state index contributed by atoms with van der Waals surface area (Å²) in [6, 6.07) is -0.192. The van der Waals surface area contributed by atoms with Gasteiger partial charge < -0.3 is 14.4 Å². The Kier molecular flexibility index (Phi) is 6.80. The Morgan fingerprint density at radius 2 is 1.84 bits per heavy atom. The van der Waals surface area contributed by atoms with Crippen LogP contribution in [-0.4, -0.2) is 74.2 Å². The van der Waals surface area contributed by atoms with Crippen molar-refractivity contribution in [3.8, 4) is 0 Å². The average molecular weight is 272 g/mol. The lowest BCUT2D eigenvalue weighted by Gasteiger charge is -2.36. The zero-order chi connectivity index (χ0) is 14.3. The fourth-order valence-electron chi connectivity index (χ4n) is 2.14. The molecular weight excluding hydrogens is 248 g/mol. The van der Waals surface area contributed by atoms with Crippen molar-refractivity contribution in [3.63, 3.8) is 0 Å². The molecular formula is C13H24N2O4. The maximum absolute atomic E-state index is 11.6. The Hall–Kier alpha value is -1.14. The SMILES string of the molecule is CCOC(=O)C(C)N1CCN(CCC(=O)OC)CC1. The van der Waals surface area contributed by atoms with Gasteiger partial charge in [-0.1, -0.05) is 0 Å². The lowest BCUT2D eigenvalue weighted by Crippen LogP contribution is -2.52. The third-order valence-corrected chi connectivity index (χ3v) is 3.44. The number of carbonyl (C=O) groups excluding carboxylic acids is 2. The van der Waals surface area contributed by atoms with Crippen LogP contribution in [0.2, 0.25) is 0 Å². The topological polar surface area (TPSA) is 59.1 Å². The molecule has 0 aromatic rings. The van der Waals surface area contributed by atoms with Crippen LogP contribution in [-0.2, 0) is 19.1 Å². The zero-order valence-electron chi connectivity index (χ0n) is 12.1. The molecule has 6 nitrogen and oxygen atoms in total. The molecule has 19 heavy (non-hydrogen) atoms. The summed E-state index contributed by atoms with van der Waals surface area (Å²) in [6.07, 6.45) is 0.421. The van der Waals surface area contributed by atoms with Crippen LogP contribution in [0.5, 0.6) is 0 Å². The van der Waals surface area contributed by atoms with Gasteiger partial charge in [0.25, 0.3) is 0 Å². The van der Waals surface area contributed by atoms with Crippen molar-refractivity contribution < 1.29 is 19.1 Å². The van der Waals surface area contributed by atoms with E-state index in [9.17, 15) is 9.59 Å². The number of ether oxygens (including phenoxy) is 2. The molecule has 0 saturated carbocycles. The Morgan fingerprint density at radius 3 is 2.37 bits per heavy atom. The van der Waals surface area contributed by atoms with E-state index in [-0.39, 0.29) is 18.0 Å². The van der Waals surface area contributed by atoms with Crippen molar-refractivity contribution in [2.75, 3.05) is 46.4 Å². The number of rotatable bonds is 6. The number of hydrogen-bond donors (Lipinski definition) is 0. The van der Waals surface area contributed by atoms with E-state index >= 15 is 0 Å². The van der Waals surface area contributed by atoms with Crippen molar-refractivity contribution >= 4 is 11.9 Å². The molecule has 0 N–H and O–H groups in total. The first kappa shape index (κ1) is 15.9. The van der Waals surface area contributed by atoms with Crippen LogP contribution in [0, 0.1) is 0 Å². The Labute approximate surface area is 114 Å². The molecule has 0 radical (unpaired) electrons. The van der Waals surface area contributed by atoms with Crippen LogP contribution in [0.15, 0.2) is 0 Å². The summed E-state index contributed by atoms with van der Waals surface area (Å²) in [5.74, 6) is -0.340. The van der Waals surface area contributed by atoms with E-state index in [0.29, 0.717) is 19.6 Å². The smallest absolute Gasteiger partial charge is 0.323 e. The van der Waals surface area contributed by atoms with Gasteiger partial charge in [0, 0.05) is 32.7 Å². The van der Waals surface area contributed by atoms with E-state index in [2.05, 4.69) is 14.5 Å². The number of esters is 2. The third-order valence-electron chi connectivity index (χ3n) is 3.44. The van der Waals surface area contributed by atoms with Gasteiger partial charge in [-0.15, -0.1) is 0 Å². The minimum absolute atomic E-state index is 0.162. The van der Waals surface area contributed by atoms with Crippen molar-refractivity contribution in [1.29, 1.82) is 0 Å². The van der Waals surface area contributed by atoms with Crippen molar-refractivity contribution in [3.05, 3.63) is 0 Å². The summed E-state index contributed by atoms with van der Waals surface area (Å²) in [4.78, 5) is 27.0. The molecule has 1 atom stereocenters. The molecule has 1 unspecified atom stereocenters. The maximum atomic E-state index is 11.6. The Morgan fingerprint density at radius 1 is 1.21 bits per heavy atom. The van der Waals surface area contributed by atoms with E-state index in [1.807, 2.05) is 13.8 Å². The van der Waals surface area contributed by atoms with E-state index < -0.39 is 0 Å². The normalized spacial score (nSPS) is 18.9. The zero-order valence-corrected chi connectivity index (χ0v) is 12.1. The predicted molar refractivity (Wildman–Crippen MR) is 70.7 cm³/mol. The first-order valence-corrected chi connectivity index (χ1v) is 6.78. The summed E-state index contributed by atoms with van der Waals surface area (Å²) < 4.78 is 9.64. The molecule has 1 rings (SSSR count). The highest BCUT2D eigenvalue weighted by atomic mass is 16.5. The average Bonchev–Trinajstić information content (AvgIpc) is 2.44. The molecule has 1 aliphatic heterocycles. The molecule has 0 aromatic heterocycles. The maximum Gasteiger partial charge on any atom is 0.323 e. The molecule has 1 heterocycles. The second-order valence-electron chi connectivity index (χ2n) is 4.63. The summed E-state index contributed by atoms with van der Waals surface area (Å²) in [6.45, 7) is 8.19. The molecule has 1 fully saturated rings. The molecule has 1 aliphatic rings.